The number of benzene rings is 1. The molecule has 0 aliphatic rings. The average Bonchev–Trinajstić information content (AvgIpc) is 2.42. The third kappa shape index (κ3) is 3.07. The van der Waals surface area contributed by atoms with E-state index >= 15 is 0 Å². The van der Waals surface area contributed by atoms with Crippen LogP contribution in [0.2, 0.25) is 0 Å². The van der Waals surface area contributed by atoms with Gasteiger partial charge in [-0.1, -0.05) is 15.9 Å². The Morgan fingerprint density at radius 3 is 2.60 bits per heavy atom. The van der Waals surface area contributed by atoms with Crippen molar-refractivity contribution < 1.29 is 8.42 Å². The quantitative estimate of drug-likeness (QED) is 0.822. The average molecular weight is 353 g/mol. The third-order valence-corrected chi connectivity index (χ3v) is 4.26. The van der Waals surface area contributed by atoms with Crippen LogP contribution in [-0.2, 0) is 10.0 Å². The van der Waals surface area contributed by atoms with Crippen LogP contribution in [0.15, 0.2) is 45.9 Å². The van der Waals surface area contributed by atoms with Gasteiger partial charge >= 0.3 is 0 Å². The Bertz CT molecular complexity index is 782. The predicted octanol–water partition coefficient (Wildman–Crippen LogP) is 2.10. The van der Waals surface area contributed by atoms with Crippen molar-refractivity contribution in [1.82, 2.24) is 4.98 Å². The number of rotatable bonds is 3. The van der Waals surface area contributed by atoms with Gasteiger partial charge in [-0.15, -0.1) is 0 Å². The maximum absolute atomic E-state index is 12.1. The molecule has 1 aromatic heterocycles. The molecule has 0 spiro atoms. The molecule has 3 N–H and O–H groups in total. The summed E-state index contributed by atoms with van der Waals surface area (Å²) in [4.78, 5) is 3.68. The number of hydrogen-bond donors (Lipinski definition) is 2. The number of nitriles is 1. The number of nitrogens with two attached hydrogens (primary N) is 1. The molecule has 6 nitrogen and oxygen atoms in total. The highest BCUT2D eigenvalue weighted by atomic mass is 79.9. The van der Waals surface area contributed by atoms with Crippen LogP contribution in [-0.4, -0.2) is 13.4 Å². The van der Waals surface area contributed by atoms with Gasteiger partial charge < -0.3 is 5.73 Å². The molecule has 0 radical (unpaired) electrons. The van der Waals surface area contributed by atoms with E-state index in [0.717, 1.165) is 10.7 Å². The van der Waals surface area contributed by atoms with E-state index in [1.54, 1.807) is 18.2 Å². The van der Waals surface area contributed by atoms with Crippen molar-refractivity contribution in [2.75, 3.05) is 10.5 Å². The highest BCUT2D eigenvalue weighted by molar-refractivity contribution is 9.10. The van der Waals surface area contributed by atoms with Crippen molar-refractivity contribution in [2.45, 2.75) is 4.90 Å². The first-order valence-corrected chi connectivity index (χ1v) is 7.64. The lowest BCUT2D eigenvalue weighted by atomic mass is 10.3. The lowest BCUT2D eigenvalue weighted by Gasteiger charge is -2.10. The molecular formula is C12H9BrN4O2S. The summed E-state index contributed by atoms with van der Waals surface area (Å²) in [5, 5.41) is 8.63. The molecular weight excluding hydrogens is 344 g/mol. The van der Waals surface area contributed by atoms with E-state index in [2.05, 4.69) is 25.6 Å². The minimum absolute atomic E-state index is 0.0428. The van der Waals surface area contributed by atoms with Gasteiger partial charge in [0.25, 0.3) is 10.0 Å². The summed E-state index contributed by atoms with van der Waals surface area (Å²) in [5.41, 5.74) is 6.45. The van der Waals surface area contributed by atoms with Gasteiger partial charge in [0, 0.05) is 10.7 Å². The van der Waals surface area contributed by atoms with Crippen LogP contribution in [0.3, 0.4) is 0 Å². The number of pyridine rings is 1. The molecule has 0 aliphatic carbocycles. The zero-order chi connectivity index (χ0) is 14.8. The van der Waals surface area contributed by atoms with Gasteiger partial charge in [-0.05, 0) is 30.3 Å². The van der Waals surface area contributed by atoms with Crippen LogP contribution >= 0.6 is 15.9 Å². The Hall–Kier alpha value is -2.11. The molecule has 0 saturated carbocycles. The van der Waals surface area contributed by atoms with Crippen LogP contribution in [0.4, 0.5) is 11.4 Å². The maximum Gasteiger partial charge on any atom is 0.263 e. The Morgan fingerprint density at radius 1 is 1.30 bits per heavy atom. The molecule has 0 fully saturated rings. The second-order valence-electron chi connectivity index (χ2n) is 3.83. The van der Waals surface area contributed by atoms with Gasteiger partial charge in [0.2, 0.25) is 0 Å². The maximum atomic E-state index is 12.1. The summed E-state index contributed by atoms with van der Waals surface area (Å²) < 4.78 is 27.4. The number of anilines is 2. The standard InChI is InChI=1S/C12H9BrN4O2S/c13-8-1-4-12(11(15)5-8)17-20(18,19)10-3-2-9(6-14)16-7-10/h1-5,7,17H,15H2. The smallest absolute Gasteiger partial charge is 0.263 e. The second kappa shape index (κ2) is 5.48. The highest BCUT2D eigenvalue weighted by Crippen LogP contribution is 2.25. The number of halogens is 1. The van der Waals surface area contributed by atoms with E-state index in [1.807, 2.05) is 6.07 Å². The van der Waals surface area contributed by atoms with Gasteiger partial charge in [-0.25, -0.2) is 13.4 Å². The Balaban J connectivity index is 2.33. The van der Waals surface area contributed by atoms with Crippen molar-refractivity contribution in [3.8, 4) is 6.07 Å². The van der Waals surface area contributed by atoms with Crippen molar-refractivity contribution >= 4 is 37.3 Å². The SMILES string of the molecule is N#Cc1ccc(S(=O)(=O)Nc2ccc(Br)cc2N)cn1. The van der Waals surface area contributed by atoms with Gasteiger partial charge in [-0.3, -0.25) is 4.72 Å². The number of nitrogens with one attached hydrogen (secondary N) is 1. The van der Waals surface area contributed by atoms with Gasteiger partial charge in [0.05, 0.1) is 11.4 Å². The van der Waals surface area contributed by atoms with Crippen molar-refractivity contribution in [1.29, 1.82) is 5.26 Å². The van der Waals surface area contributed by atoms with Crippen LogP contribution in [0, 0.1) is 11.3 Å². The number of nitrogens with zero attached hydrogens (tertiary/aromatic N) is 2. The summed E-state index contributed by atoms with van der Waals surface area (Å²) >= 11 is 3.24. The molecule has 2 aromatic rings. The Labute approximate surface area is 124 Å². The van der Waals surface area contributed by atoms with E-state index in [9.17, 15) is 8.42 Å². The molecule has 0 atom stereocenters. The highest BCUT2D eigenvalue weighted by Gasteiger charge is 2.16. The minimum atomic E-state index is -3.79. The summed E-state index contributed by atoms with van der Waals surface area (Å²) in [5.74, 6) is 0. The van der Waals surface area contributed by atoms with E-state index in [1.165, 1.54) is 12.1 Å². The van der Waals surface area contributed by atoms with E-state index in [4.69, 9.17) is 11.0 Å². The van der Waals surface area contributed by atoms with Crippen molar-refractivity contribution in [3.63, 3.8) is 0 Å². The lowest BCUT2D eigenvalue weighted by Crippen LogP contribution is -2.14. The van der Waals surface area contributed by atoms with Crippen LogP contribution in [0.25, 0.3) is 0 Å². The fraction of sp³-hybridized carbons (Fsp3) is 0. The third-order valence-electron chi connectivity index (χ3n) is 2.42. The molecule has 1 aromatic carbocycles. The molecule has 0 bridgehead atoms. The number of sulfonamides is 1. The zero-order valence-electron chi connectivity index (χ0n) is 10.0. The monoisotopic (exact) mass is 352 g/mol. The molecule has 0 amide bonds. The molecule has 20 heavy (non-hydrogen) atoms. The van der Waals surface area contributed by atoms with E-state index < -0.39 is 10.0 Å². The number of hydrogen-bond acceptors (Lipinski definition) is 5. The topological polar surface area (TPSA) is 109 Å². The van der Waals surface area contributed by atoms with E-state index in [0.29, 0.717) is 5.69 Å². The first-order chi connectivity index (χ1) is 9.42. The van der Waals surface area contributed by atoms with Gasteiger partial charge in [0.15, 0.2) is 0 Å². The molecule has 102 valence electrons. The number of nitrogen functional groups attached to an aromatic ring is 1. The summed E-state index contributed by atoms with van der Waals surface area (Å²) in [6, 6.07) is 9.27. The molecule has 2 rings (SSSR count). The van der Waals surface area contributed by atoms with Gasteiger partial charge in [0.1, 0.15) is 16.7 Å². The normalized spacial score (nSPS) is 10.8. The van der Waals surface area contributed by atoms with Crippen LogP contribution in [0.5, 0.6) is 0 Å². The predicted molar refractivity (Wildman–Crippen MR) is 78.3 cm³/mol. The van der Waals surface area contributed by atoms with Gasteiger partial charge in [-0.2, -0.15) is 5.26 Å². The minimum Gasteiger partial charge on any atom is -0.397 e. The Kier molecular flexibility index (Phi) is 3.92. The molecule has 8 heteroatoms. The fourth-order valence-electron chi connectivity index (χ4n) is 1.44. The molecule has 0 unspecified atom stereocenters. The summed E-state index contributed by atoms with van der Waals surface area (Å²) in [6.07, 6.45) is 1.12. The van der Waals surface area contributed by atoms with Crippen molar-refractivity contribution in [2.24, 2.45) is 0 Å². The summed E-state index contributed by atoms with van der Waals surface area (Å²) in [6.45, 7) is 0. The Morgan fingerprint density at radius 2 is 2.05 bits per heavy atom. The largest absolute Gasteiger partial charge is 0.397 e. The first-order valence-electron chi connectivity index (χ1n) is 5.36. The first kappa shape index (κ1) is 14.3. The van der Waals surface area contributed by atoms with Crippen molar-refractivity contribution in [3.05, 3.63) is 46.7 Å². The fourth-order valence-corrected chi connectivity index (χ4v) is 2.85. The van der Waals surface area contributed by atoms with Crippen LogP contribution in [0.1, 0.15) is 5.69 Å². The molecule has 1 heterocycles. The lowest BCUT2D eigenvalue weighted by molar-refractivity contribution is 0.601. The summed E-state index contributed by atoms with van der Waals surface area (Å²) in [7, 11) is -3.79. The number of aromatic nitrogens is 1. The van der Waals surface area contributed by atoms with E-state index in [-0.39, 0.29) is 16.3 Å². The zero-order valence-corrected chi connectivity index (χ0v) is 12.4. The molecule has 0 aliphatic heterocycles. The molecule has 0 saturated heterocycles. The van der Waals surface area contributed by atoms with Crippen LogP contribution < -0.4 is 10.5 Å². The second-order valence-corrected chi connectivity index (χ2v) is 6.43.